The zero-order chi connectivity index (χ0) is 13.9. The van der Waals surface area contributed by atoms with Crippen molar-refractivity contribution in [2.75, 3.05) is 18.5 Å². The zero-order valence-electron chi connectivity index (χ0n) is 12.4. The second-order valence-electron chi connectivity index (χ2n) is 6.23. The molecule has 1 saturated carbocycles. The summed E-state index contributed by atoms with van der Waals surface area (Å²) in [4.78, 5) is 2.38. The normalized spacial score (nSPS) is 26.4. The number of para-hydroxylation sites is 1. The highest BCUT2D eigenvalue weighted by atomic mass is 19.1. The number of rotatable bonds is 3. The quantitative estimate of drug-likeness (QED) is 0.905. The molecule has 1 aliphatic heterocycles. The summed E-state index contributed by atoms with van der Waals surface area (Å²) >= 11 is 0. The molecule has 1 saturated heterocycles. The van der Waals surface area contributed by atoms with Gasteiger partial charge in [0.15, 0.2) is 0 Å². The second-order valence-corrected chi connectivity index (χ2v) is 6.23. The summed E-state index contributed by atoms with van der Waals surface area (Å²) in [5.41, 5.74) is 1.96. The fourth-order valence-electron chi connectivity index (χ4n) is 4.12. The number of piperidine rings is 1. The average molecular weight is 276 g/mol. The van der Waals surface area contributed by atoms with Crippen molar-refractivity contribution in [2.24, 2.45) is 5.92 Å². The van der Waals surface area contributed by atoms with E-state index in [1.165, 1.54) is 38.5 Å². The van der Waals surface area contributed by atoms with Gasteiger partial charge in [0.2, 0.25) is 0 Å². The summed E-state index contributed by atoms with van der Waals surface area (Å²) in [6.45, 7) is 1.75. The molecular formula is C17H25FN2. The highest BCUT2D eigenvalue weighted by Crippen LogP contribution is 2.39. The van der Waals surface area contributed by atoms with E-state index < -0.39 is 0 Å². The second kappa shape index (κ2) is 6.13. The first kappa shape index (κ1) is 13.9. The Morgan fingerprint density at radius 1 is 1.20 bits per heavy atom. The Hall–Kier alpha value is -1.09. The maximum atomic E-state index is 14.4. The van der Waals surface area contributed by atoms with E-state index in [0.29, 0.717) is 6.04 Å². The lowest BCUT2D eigenvalue weighted by molar-refractivity contribution is 0.242. The molecular weight excluding hydrogens is 251 g/mol. The van der Waals surface area contributed by atoms with E-state index in [2.05, 4.69) is 16.3 Å². The molecule has 2 unspecified atom stereocenters. The van der Waals surface area contributed by atoms with Gasteiger partial charge in [-0.1, -0.05) is 25.0 Å². The molecule has 1 aromatic rings. The van der Waals surface area contributed by atoms with Crippen LogP contribution in [0.25, 0.3) is 0 Å². The Kier molecular flexibility index (Phi) is 4.25. The van der Waals surface area contributed by atoms with E-state index in [9.17, 15) is 4.39 Å². The molecule has 2 aliphatic rings. The first-order valence-corrected chi connectivity index (χ1v) is 8.00. The van der Waals surface area contributed by atoms with Crippen molar-refractivity contribution in [3.63, 3.8) is 0 Å². The van der Waals surface area contributed by atoms with Crippen molar-refractivity contribution in [1.29, 1.82) is 0 Å². The molecule has 2 atom stereocenters. The lowest BCUT2D eigenvalue weighted by Crippen LogP contribution is -2.47. The van der Waals surface area contributed by atoms with Gasteiger partial charge in [0.25, 0.3) is 0 Å². The molecule has 110 valence electrons. The third-order valence-corrected chi connectivity index (χ3v) is 4.97. The number of halogens is 1. The van der Waals surface area contributed by atoms with Gasteiger partial charge in [-0.25, -0.2) is 4.39 Å². The molecule has 20 heavy (non-hydrogen) atoms. The molecule has 1 N–H and O–H groups in total. The van der Waals surface area contributed by atoms with E-state index in [4.69, 9.17) is 0 Å². The monoisotopic (exact) mass is 276 g/mol. The zero-order valence-corrected chi connectivity index (χ0v) is 12.4. The first-order chi connectivity index (χ1) is 9.81. The number of fused-ring (bicyclic) bond motifs is 1. The van der Waals surface area contributed by atoms with Gasteiger partial charge in [-0.05, 0) is 50.3 Å². The molecule has 3 heteroatoms. The first-order valence-electron chi connectivity index (χ1n) is 8.00. The van der Waals surface area contributed by atoms with E-state index in [-0.39, 0.29) is 5.82 Å². The van der Waals surface area contributed by atoms with Gasteiger partial charge >= 0.3 is 0 Å². The summed E-state index contributed by atoms with van der Waals surface area (Å²) in [6, 6.07) is 6.06. The number of anilines is 1. The van der Waals surface area contributed by atoms with Crippen LogP contribution in [0.2, 0.25) is 0 Å². The highest BCUT2D eigenvalue weighted by molar-refractivity contribution is 5.56. The van der Waals surface area contributed by atoms with Gasteiger partial charge in [0, 0.05) is 19.1 Å². The SMILES string of the molecule is CNCc1cccc(F)c1N1CCCC2CCCCC21. The summed E-state index contributed by atoms with van der Waals surface area (Å²) in [6.07, 6.45) is 7.75. The van der Waals surface area contributed by atoms with Crippen molar-refractivity contribution in [3.05, 3.63) is 29.6 Å². The van der Waals surface area contributed by atoms with Crippen LogP contribution in [-0.4, -0.2) is 19.6 Å². The van der Waals surface area contributed by atoms with Crippen molar-refractivity contribution in [1.82, 2.24) is 5.32 Å². The van der Waals surface area contributed by atoms with Gasteiger partial charge in [0.05, 0.1) is 5.69 Å². The molecule has 2 fully saturated rings. The number of hydrogen-bond acceptors (Lipinski definition) is 2. The van der Waals surface area contributed by atoms with Crippen LogP contribution in [-0.2, 0) is 6.54 Å². The summed E-state index contributed by atoms with van der Waals surface area (Å²) in [5.74, 6) is 0.725. The third kappa shape index (κ3) is 2.56. The van der Waals surface area contributed by atoms with Gasteiger partial charge in [-0.2, -0.15) is 0 Å². The fourth-order valence-corrected chi connectivity index (χ4v) is 4.12. The number of nitrogens with one attached hydrogen (secondary N) is 1. The van der Waals surface area contributed by atoms with Gasteiger partial charge < -0.3 is 10.2 Å². The van der Waals surface area contributed by atoms with Crippen LogP contribution in [0.5, 0.6) is 0 Å². The minimum absolute atomic E-state index is 0.0519. The summed E-state index contributed by atoms with van der Waals surface area (Å²) in [5, 5.41) is 3.17. The summed E-state index contributed by atoms with van der Waals surface area (Å²) < 4.78 is 14.4. The molecule has 3 rings (SSSR count). The lowest BCUT2D eigenvalue weighted by Gasteiger charge is -2.46. The molecule has 1 heterocycles. The minimum atomic E-state index is -0.0519. The topological polar surface area (TPSA) is 15.3 Å². The Morgan fingerprint density at radius 2 is 2.00 bits per heavy atom. The van der Waals surface area contributed by atoms with E-state index in [0.717, 1.165) is 30.3 Å². The van der Waals surface area contributed by atoms with Crippen LogP contribution in [0, 0.1) is 11.7 Å². The molecule has 0 bridgehead atoms. The van der Waals surface area contributed by atoms with Crippen molar-refractivity contribution >= 4 is 5.69 Å². The fraction of sp³-hybridized carbons (Fsp3) is 0.647. The van der Waals surface area contributed by atoms with Crippen molar-refractivity contribution < 1.29 is 4.39 Å². The number of benzene rings is 1. The minimum Gasteiger partial charge on any atom is -0.366 e. The van der Waals surface area contributed by atoms with Crippen LogP contribution in [0.1, 0.15) is 44.1 Å². The average Bonchev–Trinajstić information content (AvgIpc) is 2.48. The largest absolute Gasteiger partial charge is 0.366 e. The maximum Gasteiger partial charge on any atom is 0.146 e. The van der Waals surface area contributed by atoms with Crippen LogP contribution < -0.4 is 10.2 Å². The molecule has 2 nitrogen and oxygen atoms in total. The van der Waals surface area contributed by atoms with Crippen LogP contribution >= 0.6 is 0 Å². The molecule has 0 radical (unpaired) electrons. The predicted octanol–water partition coefficient (Wildman–Crippen LogP) is 3.70. The standard InChI is InChI=1S/C17H25FN2/c1-19-12-14-7-4-9-15(18)17(14)20-11-5-8-13-6-2-3-10-16(13)20/h4,7,9,13,16,19H,2-3,5-6,8,10-12H2,1H3. The van der Waals surface area contributed by atoms with Crippen LogP contribution in [0.3, 0.4) is 0 Å². The molecule has 1 aromatic carbocycles. The van der Waals surface area contributed by atoms with Crippen LogP contribution in [0.4, 0.5) is 10.1 Å². The van der Waals surface area contributed by atoms with Gasteiger partial charge in [-0.3, -0.25) is 0 Å². The molecule has 0 amide bonds. The Balaban J connectivity index is 1.94. The maximum absolute atomic E-state index is 14.4. The van der Waals surface area contributed by atoms with Crippen molar-refractivity contribution in [2.45, 2.75) is 51.1 Å². The van der Waals surface area contributed by atoms with E-state index in [1.54, 1.807) is 6.07 Å². The number of hydrogen-bond donors (Lipinski definition) is 1. The predicted molar refractivity (Wildman–Crippen MR) is 81.5 cm³/mol. The third-order valence-electron chi connectivity index (χ3n) is 4.97. The van der Waals surface area contributed by atoms with Gasteiger partial charge in [-0.15, -0.1) is 0 Å². The summed E-state index contributed by atoms with van der Waals surface area (Å²) in [7, 11) is 1.92. The Morgan fingerprint density at radius 3 is 2.85 bits per heavy atom. The van der Waals surface area contributed by atoms with Gasteiger partial charge in [0.1, 0.15) is 5.82 Å². The smallest absolute Gasteiger partial charge is 0.146 e. The Bertz CT molecular complexity index is 458. The Labute approximate surface area is 121 Å². The van der Waals surface area contributed by atoms with E-state index in [1.807, 2.05) is 13.1 Å². The molecule has 0 spiro atoms. The van der Waals surface area contributed by atoms with E-state index >= 15 is 0 Å². The van der Waals surface area contributed by atoms with Crippen molar-refractivity contribution in [3.8, 4) is 0 Å². The molecule has 0 aromatic heterocycles. The number of nitrogens with zero attached hydrogens (tertiary/aromatic N) is 1. The van der Waals surface area contributed by atoms with Crippen LogP contribution in [0.15, 0.2) is 18.2 Å². The highest BCUT2D eigenvalue weighted by Gasteiger charge is 2.35. The lowest BCUT2D eigenvalue weighted by atomic mass is 9.78. The molecule has 1 aliphatic carbocycles.